The van der Waals surface area contributed by atoms with Crippen LogP contribution in [-0.2, 0) is 11.2 Å². The van der Waals surface area contributed by atoms with Crippen LogP contribution in [0.15, 0.2) is 42.5 Å². The Morgan fingerprint density at radius 1 is 1.29 bits per heavy atom. The standard InChI is InChI=1S/C22H25N3O2S/c1-3-15-6-8-17(9-7-15)23-21(26)16-5-4-12-25(14-16)22-24-19-11-10-18(27-2)13-20(19)28-22/h6-11,13,16H,3-5,12,14H2,1-2H3,(H,23,26). The quantitative estimate of drug-likeness (QED) is 0.679. The van der Waals surface area contributed by atoms with Crippen LogP contribution in [0, 0.1) is 5.92 Å². The summed E-state index contributed by atoms with van der Waals surface area (Å²) in [6.07, 6.45) is 2.90. The number of piperidine rings is 1. The molecule has 1 atom stereocenters. The largest absolute Gasteiger partial charge is 0.497 e. The van der Waals surface area contributed by atoms with Gasteiger partial charge in [-0.3, -0.25) is 4.79 Å². The number of ether oxygens (including phenoxy) is 1. The molecular formula is C22H25N3O2S. The van der Waals surface area contributed by atoms with Gasteiger partial charge in [0.2, 0.25) is 5.91 Å². The van der Waals surface area contributed by atoms with Crippen LogP contribution in [-0.4, -0.2) is 31.1 Å². The number of fused-ring (bicyclic) bond motifs is 1. The molecule has 28 heavy (non-hydrogen) atoms. The highest BCUT2D eigenvalue weighted by Gasteiger charge is 2.27. The highest BCUT2D eigenvalue weighted by Crippen LogP contribution is 2.33. The number of anilines is 2. The van der Waals surface area contributed by atoms with Gasteiger partial charge in [-0.1, -0.05) is 30.4 Å². The molecule has 1 N–H and O–H groups in total. The first-order valence-corrected chi connectivity index (χ1v) is 10.6. The minimum absolute atomic E-state index is 0.0267. The Hall–Kier alpha value is -2.60. The molecule has 2 aromatic carbocycles. The summed E-state index contributed by atoms with van der Waals surface area (Å²) < 4.78 is 6.42. The molecule has 0 aliphatic carbocycles. The zero-order valence-corrected chi connectivity index (χ0v) is 17.1. The second-order valence-corrected chi connectivity index (χ2v) is 8.16. The molecule has 1 aliphatic heterocycles. The van der Waals surface area contributed by atoms with Crippen molar-refractivity contribution in [3.05, 3.63) is 48.0 Å². The predicted molar refractivity (Wildman–Crippen MR) is 116 cm³/mol. The van der Waals surface area contributed by atoms with Gasteiger partial charge in [-0.25, -0.2) is 4.98 Å². The van der Waals surface area contributed by atoms with Gasteiger partial charge >= 0.3 is 0 Å². The summed E-state index contributed by atoms with van der Waals surface area (Å²) in [7, 11) is 1.67. The lowest BCUT2D eigenvalue weighted by Gasteiger charge is -2.31. The smallest absolute Gasteiger partial charge is 0.229 e. The fourth-order valence-electron chi connectivity index (χ4n) is 3.59. The van der Waals surface area contributed by atoms with E-state index in [4.69, 9.17) is 9.72 Å². The third kappa shape index (κ3) is 3.97. The Kier molecular flexibility index (Phi) is 5.48. The van der Waals surface area contributed by atoms with Crippen LogP contribution in [0.5, 0.6) is 5.75 Å². The number of rotatable bonds is 5. The molecule has 2 heterocycles. The SMILES string of the molecule is CCc1ccc(NC(=O)C2CCCN(c3nc4ccc(OC)cc4s3)C2)cc1. The molecule has 0 saturated carbocycles. The van der Waals surface area contributed by atoms with Gasteiger partial charge in [-0.05, 0) is 55.2 Å². The molecule has 3 aromatic rings. The van der Waals surface area contributed by atoms with E-state index in [-0.39, 0.29) is 11.8 Å². The Labute approximate surface area is 169 Å². The number of thiazole rings is 1. The first-order chi connectivity index (χ1) is 13.7. The van der Waals surface area contributed by atoms with E-state index in [2.05, 4.69) is 29.3 Å². The van der Waals surface area contributed by atoms with Crippen LogP contribution >= 0.6 is 11.3 Å². The monoisotopic (exact) mass is 395 g/mol. The molecule has 1 aliphatic rings. The number of nitrogens with zero attached hydrogens (tertiary/aromatic N) is 2. The highest BCUT2D eigenvalue weighted by molar-refractivity contribution is 7.22. The molecule has 6 heteroatoms. The molecule has 1 aromatic heterocycles. The van der Waals surface area contributed by atoms with Gasteiger partial charge in [0.1, 0.15) is 5.75 Å². The van der Waals surface area contributed by atoms with Crippen molar-refractivity contribution in [2.45, 2.75) is 26.2 Å². The van der Waals surface area contributed by atoms with E-state index < -0.39 is 0 Å². The van der Waals surface area contributed by atoms with E-state index in [9.17, 15) is 4.79 Å². The zero-order chi connectivity index (χ0) is 19.5. The third-order valence-electron chi connectivity index (χ3n) is 5.28. The minimum atomic E-state index is -0.0267. The van der Waals surface area contributed by atoms with Gasteiger partial charge < -0.3 is 15.0 Å². The number of hydrogen-bond acceptors (Lipinski definition) is 5. The van der Waals surface area contributed by atoms with Crippen LogP contribution in [0.3, 0.4) is 0 Å². The van der Waals surface area contributed by atoms with E-state index in [0.717, 1.165) is 52.6 Å². The first-order valence-electron chi connectivity index (χ1n) is 9.75. The van der Waals surface area contributed by atoms with Crippen molar-refractivity contribution in [3.63, 3.8) is 0 Å². The predicted octanol–water partition coefficient (Wildman–Crippen LogP) is 4.72. The summed E-state index contributed by atoms with van der Waals surface area (Å²) >= 11 is 1.66. The van der Waals surface area contributed by atoms with Gasteiger partial charge in [0.05, 0.1) is 23.2 Å². The molecule has 1 unspecified atom stereocenters. The van der Waals surface area contributed by atoms with Gasteiger partial charge in [0.25, 0.3) is 0 Å². The number of nitrogens with one attached hydrogen (secondary N) is 1. The van der Waals surface area contributed by atoms with Gasteiger partial charge in [0.15, 0.2) is 5.13 Å². The van der Waals surface area contributed by atoms with Gasteiger partial charge in [0, 0.05) is 18.8 Å². The number of aromatic nitrogens is 1. The Morgan fingerprint density at radius 2 is 2.11 bits per heavy atom. The summed E-state index contributed by atoms with van der Waals surface area (Å²) in [6.45, 7) is 3.77. The summed E-state index contributed by atoms with van der Waals surface area (Å²) in [5.74, 6) is 0.908. The van der Waals surface area contributed by atoms with Crippen molar-refractivity contribution in [2.24, 2.45) is 5.92 Å². The maximum Gasteiger partial charge on any atom is 0.229 e. The van der Waals surface area contributed by atoms with Gasteiger partial charge in [-0.15, -0.1) is 0 Å². The zero-order valence-electron chi connectivity index (χ0n) is 16.3. The molecular weight excluding hydrogens is 370 g/mol. The number of aryl methyl sites for hydroxylation is 1. The van der Waals surface area contributed by atoms with Gasteiger partial charge in [-0.2, -0.15) is 0 Å². The van der Waals surface area contributed by atoms with E-state index in [0.29, 0.717) is 6.54 Å². The Bertz CT molecular complexity index is 968. The topological polar surface area (TPSA) is 54.5 Å². The molecule has 1 saturated heterocycles. The van der Waals surface area contributed by atoms with Crippen LogP contribution in [0.1, 0.15) is 25.3 Å². The molecule has 146 valence electrons. The lowest BCUT2D eigenvalue weighted by atomic mass is 9.97. The molecule has 0 spiro atoms. The van der Waals surface area contributed by atoms with Crippen molar-refractivity contribution in [2.75, 3.05) is 30.4 Å². The summed E-state index contributed by atoms with van der Waals surface area (Å²) in [4.78, 5) is 19.8. The average molecular weight is 396 g/mol. The normalized spacial score (nSPS) is 16.9. The fourth-order valence-corrected chi connectivity index (χ4v) is 4.62. The van der Waals surface area contributed by atoms with Crippen LogP contribution in [0.4, 0.5) is 10.8 Å². The first kappa shape index (κ1) is 18.7. The minimum Gasteiger partial charge on any atom is -0.497 e. The van der Waals surface area contributed by atoms with E-state index in [1.54, 1.807) is 18.4 Å². The molecule has 5 nitrogen and oxygen atoms in total. The summed E-state index contributed by atoms with van der Waals surface area (Å²) in [6, 6.07) is 14.0. The van der Waals surface area contributed by atoms with E-state index >= 15 is 0 Å². The Balaban J connectivity index is 1.45. The molecule has 4 rings (SSSR count). The summed E-state index contributed by atoms with van der Waals surface area (Å²) in [5, 5.41) is 4.06. The molecule has 1 fully saturated rings. The van der Waals surface area contributed by atoms with Crippen molar-refractivity contribution in [1.82, 2.24) is 4.98 Å². The molecule has 0 radical (unpaired) electrons. The van der Waals surface area contributed by atoms with E-state index in [1.807, 2.05) is 30.3 Å². The lowest BCUT2D eigenvalue weighted by Crippen LogP contribution is -2.40. The average Bonchev–Trinajstić information content (AvgIpc) is 3.17. The number of carbonyl (C=O) groups is 1. The molecule has 1 amide bonds. The number of hydrogen-bond donors (Lipinski definition) is 1. The van der Waals surface area contributed by atoms with Crippen LogP contribution < -0.4 is 15.0 Å². The number of amides is 1. The second-order valence-electron chi connectivity index (χ2n) is 7.15. The lowest BCUT2D eigenvalue weighted by molar-refractivity contribution is -0.120. The molecule has 0 bridgehead atoms. The second kappa shape index (κ2) is 8.19. The number of carbonyl (C=O) groups excluding carboxylic acids is 1. The maximum atomic E-state index is 12.8. The van der Waals surface area contributed by atoms with Crippen LogP contribution in [0.2, 0.25) is 0 Å². The number of methoxy groups -OCH3 is 1. The van der Waals surface area contributed by atoms with Crippen molar-refractivity contribution >= 4 is 38.3 Å². The van der Waals surface area contributed by atoms with Crippen molar-refractivity contribution in [1.29, 1.82) is 0 Å². The maximum absolute atomic E-state index is 12.8. The van der Waals surface area contributed by atoms with E-state index in [1.165, 1.54) is 5.56 Å². The van der Waals surface area contributed by atoms with Crippen molar-refractivity contribution in [3.8, 4) is 5.75 Å². The fraction of sp³-hybridized carbons (Fsp3) is 0.364. The third-order valence-corrected chi connectivity index (χ3v) is 6.36. The van der Waals surface area contributed by atoms with Crippen molar-refractivity contribution < 1.29 is 9.53 Å². The number of benzene rings is 2. The Morgan fingerprint density at radius 3 is 2.86 bits per heavy atom. The van der Waals surface area contributed by atoms with Crippen LogP contribution in [0.25, 0.3) is 10.2 Å². The highest BCUT2D eigenvalue weighted by atomic mass is 32.1. The summed E-state index contributed by atoms with van der Waals surface area (Å²) in [5.41, 5.74) is 3.11.